The first kappa shape index (κ1) is 25.8. The van der Waals surface area contributed by atoms with E-state index in [0.717, 1.165) is 12.1 Å². The van der Waals surface area contributed by atoms with Gasteiger partial charge in [-0.2, -0.15) is 0 Å². The lowest BCUT2D eigenvalue weighted by Crippen LogP contribution is -2.29. The van der Waals surface area contributed by atoms with Crippen LogP contribution in [0.2, 0.25) is 0 Å². The second kappa shape index (κ2) is 11.2. The maximum atomic E-state index is 13.4. The third kappa shape index (κ3) is 5.31. The molecule has 1 aliphatic rings. The minimum Gasteiger partial charge on any atom is -0.507 e. The summed E-state index contributed by atoms with van der Waals surface area (Å²) in [5, 5.41) is 11.3. The van der Waals surface area contributed by atoms with Crippen LogP contribution in [0.15, 0.2) is 78.4 Å². The molecule has 0 aromatic heterocycles. The maximum Gasteiger partial charge on any atom is 0.300 e. The summed E-state index contributed by atoms with van der Waals surface area (Å²) in [6, 6.07) is 20.7. The lowest BCUT2D eigenvalue weighted by molar-refractivity contribution is -0.132. The lowest BCUT2D eigenvalue weighted by atomic mass is 9.95. The van der Waals surface area contributed by atoms with Gasteiger partial charge in [-0.3, -0.25) is 14.5 Å². The number of aliphatic hydroxyl groups is 1. The van der Waals surface area contributed by atoms with Crippen molar-refractivity contribution in [2.45, 2.75) is 26.3 Å². The van der Waals surface area contributed by atoms with Gasteiger partial charge in [0.25, 0.3) is 11.7 Å². The van der Waals surface area contributed by atoms with Gasteiger partial charge in [0.2, 0.25) is 0 Å². The van der Waals surface area contributed by atoms with Crippen LogP contribution in [0.1, 0.15) is 37.4 Å². The number of amides is 1. The Hall–Kier alpha value is -4.26. The smallest absolute Gasteiger partial charge is 0.300 e. The zero-order chi connectivity index (χ0) is 26.5. The minimum atomic E-state index is -0.816. The molecule has 0 spiro atoms. The van der Waals surface area contributed by atoms with Crippen LogP contribution in [0.4, 0.5) is 11.4 Å². The molecule has 1 heterocycles. The second-order valence-corrected chi connectivity index (χ2v) is 8.96. The van der Waals surface area contributed by atoms with Gasteiger partial charge >= 0.3 is 0 Å². The Morgan fingerprint density at radius 2 is 1.62 bits per heavy atom. The van der Waals surface area contributed by atoms with Gasteiger partial charge in [-0.15, -0.1) is 0 Å². The standard InChI is InChI=1S/C30H32N2O5/c1-5-18-37-25-9-7-8-23(19-25)32-27(20-10-14-22(15-11-20)31(3)4)26(29(34)30(32)35)28(33)21-12-16-24(17-13-21)36-6-2/h7-17,19,27,33H,5-6,18H2,1-4H3/b28-26+. The summed E-state index contributed by atoms with van der Waals surface area (Å²) in [6.07, 6.45) is 0.842. The first-order valence-electron chi connectivity index (χ1n) is 12.4. The van der Waals surface area contributed by atoms with Crippen molar-refractivity contribution in [3.63, 3.8) is 0 Å². The summed E-state index contributed by atoms with van der Waals surface area (Å²) in [5.41, 5.74) is 2.66. The Labute approximate surface area is 217 Å². The van der Waals surface area contributed by atoms with Crippen molar-refractivity contribution in [2.24, 2.45) is 0 Å². The summed E-state index contributed by atoms with van der Waals surface area (Å²) in [6.45, 7) is 4.95. The molecule has 192 valence electrons. The molecule has 37 heavy (non-hydrogen) atoms. The molecule has 1 saturated heterocycles. The van der Waals surface area contributed by atoms with E-state index in [1.54, 1.807) is 42.5 Å². The van der Waals surface area contributed by atoms with E-state index >= 15 is 0 Å². The molecule has 1 amide bonds. The normalized spacial score (nSPS) is 16.6. The highest BCUT2D eigenvalue weighted by Gasteiger charge is 2.47. The van der Waals surface area contributed by atoms with E-state index in [4.69, 9.17) is 9.47 Å². The van der Waals surface area contributed by atoms with Crippen LogP contribution in [0.3, 0.4) is 0 Å². The fraction of sp³-hybridized carbons (Fsp3) is 0.267. The third-order valence-electron chi connectivity index (χ3n) is 6.18. The molecule has 1 unspecified atom stereocenters. The van der Waals surface area contributed by atoms with Crippen LogP contribution < -0.4 is 19.3 Å². The number of anilines is 2. The SMILES string of the molecule is CCCOc1cccc(N2C(=O)C(=O)/C(=C(/O)c3ccc(OCC)cc3)C2c2ccc(N(C)C)cc2)c1. The van der Waals surface area contributed by atoms with E-state index in [-0.39, 0.29) is 11.3 Å². The minimum absolute atomic E-state index is 0.0339. The van der Waals surface area contributed by atoms with Gasteiger partial charge in [0, 0.05) is 37.1 Å². The number of ketones is 1. The zero-order valence-corrected chi connectivity index (χ0v) is 21.6. The number of benzene rings is 3. The van der Waals surface area contributed by atoms with E-state index in [2.05, 4.69) is 0 Å². The van der Waals surface area contributed by atoms with E-state index in [1.165, 1.54) is 4.90 Å². The van der Waals surface area contributed by atoms with Crippen LogP contribution in [-0.2, 0) is 9.59 Å². The molecule has 1 fully saturated rings. The van der Waals surface area contributed by atoms with Gasteiger partial charge in [-0.25, -0.2) is 0 Å². The van der Waals surface area contributed by atoms with Gasteiger partial charge in [0.15, 0.2) is 0 Å². The van der Waals surface area contributed by atoms with Crippen molar-refractivity contribution in [1.29, 1.82) is 0 Å². The Kier molecular flexibility index (Phi) is 7.82. The van der Waals surface area contributed by atoms with Crippen molar-refractivity contribution in [3.05, 3.63) is 89.5 Å². The van der Waals surface area contributed by atoms with Gasteiger partial charge < -0.3 is 19.5 Å². The quantitative estimate of drug-likeness (QED) is 0.235. The molecule has 3 aromatic rings. The second-order valence-electron chi connectivity index (χ2n) is 8.96. The van der Waals surface area contributed by atoms with Gasteiger partial charge in [-0.1, -0.05) is 25.1 Å². The molecule has 1 N–H and O–H groups in total. The average molecular weight is 501 g/mol. The summed E-state index contributed by atoms with van der Waals surface area (Å²) in [4.78, 5) is 30.3. The van der Waals surface area contributed by atoms with Gasteiger partial charge in [0.1, 0.15) is 17.3 Å². The lowest BCUT2D eigenvalue weighted by Gasteiger charge is -2.26. The number of hydrogen-bond donors (Lipinski definition) is 1. The molecular weight excluding hydrogens is 468 g/mol. The first-order chi connectivity index (χ1) is 17.8. The molecule has 1 atom stereocenters. The molecule has 4 rings (SSSR count). The largest absolute Gasteiger partial charge is 0.507 e. The monoisotopic (exact) mass is 500 g/mol. The topological polar surface area (TPSA) is 79.3 Å². The Balaban J connectivity index is 1.85. The van der Waals surface area contributed by atoms with E-state index in [1.807, 2.05) is 63.2 Å². The number of nitrogens with zero attached hydrogens (tertiary/aromatic N) is 2. The van der Waals surface area contributed by atoms with Crippen LogP contribution in [0.25, 0.3) is 5.76 Å². The highest BCUT2D eigenvalue weighted by Crippen LogP contribution is 2.43. The highest BCUT2D eigenvalue weighted by atomic mass is 16.5. The van der Waals surface area contributed by atoms with Crippen molar-refractivity contribution in [3.8, 4) is 11.5 Å². The molecule has 0 saturated carbocycles. The zero-order valence-electron chi connectivity index (χ0n) is 21.6. The van der Waals surface area contributed by atoms with Gasteiger partial charge in [0.05, 0.1) is 24.8 Å². The van der Waals surface area contributed by atoms with Crippen molar-refractivity contribution in [2.75, 3.05) is 37.1 Å². The fourth-order valence-corrected chi connectivity index (χ4v) is 4.34. The van der Waals surface area contributed by atoms with Crippen LogP contribution in [0, 0.1) is 0 Å². The number of rotatable bonds is 9. The molecule has 0 aliphatic carbocycles. The molecule has 1 aliphatic heterocycles. The average Bonchev–Trinajstić information content (AvgIpc) is 3.18. The number of ether oxygens (including phenoxy) is 2. The summed E-state index contributed by atoms with van der Waals surface area (Å²) < 4.78 is 11.3. The van der Waals surface area contributed by atoms with E-state index < -0.39 is 17.7 Å². The number of carbonyl (C=O) groups is 2. The van der Waals surface area contributed by atoms with Crippen molar-refractivity contribution >= 4 is 28.8 Å². The van der Waals surface area contributed by atoms with Crippen molar-refractivity contribution < 1.29 is 24.2 Å². The Morgan fingerprint density at radius 1 is 0.919 bits per heavy atom. The molecular formula is C30H32N2O5. The summed E-state index contributed by atoms with van der Waals surface area (Å²) in [5.74, 6) is -0.424. The van der Waals surface area contributed by atoms with E-state index in [9.17, 15) is 14.7 Å². The number of hydrogen-bond acceptors (Lipinski definition) is 6. The maximum absolute atomic E-state index is 13.4. The fourth-order valence-electron chi connectivity index (χ4n) is 4.34. The Morgan fingerprint density at radius 3 is 2.24 bits per heavy atom. The highest BCUT2D eigenvalue weighted by molar-refractivity contribution is 6.51. The number of aliphatic hydroxyl groups excluding tert-OH is 1. The van der Waals surface area contributed by atoms with Crippen LogP contribution in [-0.4, -0.2) is 44.1 Å². The molecule has 0 bridgehead atoms. The first-order valence-corrected chi connectivity index (χ1v) is 12.4. The van der Waals surface area contributed by atoms with Crippen LogP contribution in [0.5, 0.6) is 11.5 Å². The predicted octanol–water partition coefficient (Wildman–Crippen LogP) is 5.57. The van der Waals surface area contributed by atoms with Crippen molar-refractivity contribution in [1.82, 2.24) is 0 Å². The number of carbonyl (C=O) groups excluding carboxylic acids is 2. The summed E-state index contributed by atoms with van der Waals surface area (Å²) in [7, 11) is 3.88. The Bertz CT molecular complexity index is 1300. The number of Topliss-reactive ketones (excluding diaryl/α,β-unsaturated/α-hetero) is 1. The molecule has 3 aromatic carbocycles. The molecule has 7 nitrogen and oxygen atoms in total. The third-order valence-corrected chi connectivity index (χ3v) is 6.18. The van der Waals surface area contributed by atoms with E-state index in [0.29, 0.717) is 41.5 Å². The molecule has 0 radical (unpaired) electrons. The molecule has 7 heteroatoms. The summed E-state index contributed by atoms with van der Waals surface area (Å²) >= 11 is 0. The predicted molar refractivity (Wildman–Crippen MR) is 145 cm³/mol. The van der Waals surface area contributed by atoms with Crippen LogP contribution >= 0.6 is 0 Å². The van der Waals surface area contributed by atoms with Gasteiger partial charge in [-0.05, 0) is 67.4 Å².